The van der Waals surface area contributed by atoms with Crippen molar-refractivity contribution in [1.82, 2.24) is 14.8 Å². The van der Waals surface area contributed by atoms with Crippen molar-refractivity contribution in [3.8, 4) is 10.7 Å². The average molecular weight is 249 g/mol. The highest BCUT2D eigenvalue weighted by Crippen LogP contribution is 2.35. The van der Waals surface area contributed by atoms with Gasteiger partial charge in [0.05, 0.1) is 4.88 Å². The van der Waals surface area contributed by atoms with Gasteiger partial charge < -0.3 is 4.57 Å². The SMILES string of the molecule is CCCn1cnnc1-c1cc2sccc2s1. The third kappa shape index (κ3) is 1.56. The predicted molar refractivity (Wildman–Crippen MR) is 69.0 cm³/mol. The molecule has 0 unspecified atom stereocenters. The van der Waals surface area contributed by atoms with Gasteiger partial charge in [-0.25, -0.2) is 0 Å². The van der Waals surface area contributed by atoms with Crippen LogP contribution >= 0.6 is 22.7 Å². The molecule has 0 amide bonds. The molecule has 16 heavy (non-hydrogen) atoms. The topological polar surface area (TPSA) is 30.7 Å². The lowest BCUT2D eigenvalue weighted by molar-refractivity contribution is 0.683. The zero-order chi connectivity index (χ0) is 11.0. The molecule has 0 aliphatic rings. The highest BCUT2D eigenvalue weighted by Gasteiger charge is 2.10. The van der Waals surface area contributed by atoms with E-state index in [0.717, 1.165) is 18.8 Å². The van der Waals surface area contributed by atoms with Crippen LogP contribution in [-0.2, 0) is 6.54 Å². The molecule has 0 aromatic carbocycles. The number of aryl methyl sites for hydroxylation is 1. The molecule has 82 valence electrons. The largest absolute Gasteiger partial charge is 0.313 e. The minimum Gasteiger partial charge on any atom is -0.313 e. The van der Waals surface area contributed by atoms with E-state index in [-0.39, 0.29) is 0 Å². The van der Waals surface area contributed by atoms with Gasteiger partial charge in [0.1, 0.15) is 6.33 Å². The minimum absolute atomic E-state index is 0.980. The van der Waals surface area contributed by atoms with Crippen LogP contribution in [0.5, 0.6) is 0 Å². The molecule has 0 spiro atoms. The maximum absolute atomic E-state index is 4.21. The van der Waals surface area contributed by atoms with Gasteiger partial charge in [0.15, 0.2) is 5.82 Å². The van der Waals surface area contributed by atoms with Gasteiger partial charge in [-0.2, -0.15) is 0 Å². The first-order chi connectivity index (χ1) is 7.88. The Morgan fingerprint density at radius 2 is 2.31 bits per heavy atom. The molecule has 3 aromatic rings. The Morgan fingerprint density at radius 1 is 1.38 bits per heavy atom. The van der Waals surface area contributed by atoms with Gasteiger partial charge in [0.25, 0.3) is 0 Å². The molecular formula is C11H11N3S2. The standard InChI is InChI=1S/C11H11N3S2/c1-2-4-14-7-12-13-11(14)10-6-9-8(16-10)3-5-15-9/h3,5-7H,2,4H2,1H3. The molecule has 3 heterocycles. The van der Waals surface area contributed by atoms with Crippen LogP contribution in [0.2, 0.25) is 0 Å². The smallest absolute Gasteiger partial charge is 0.173 e. The number of rotatable bonds is 3. The Morgan fingerprint density at radius 3 is 3.12 bits per heavy atom. The lowest BCUT2D eigenvalue weighted by Crippen LogP contribution is -1.96. The number of nitrogens with zero attached hydrogens (tertiary/aromatic N) is 3. The van der Waals surface area contributed by atoms with E-state index >= 15 is 0 Å². The molecule has 0 atom stereocenters. The lowest BCUT2D eigenvalue weighted by Gasteiger charge is -2.01. The third-order valence-corrected chi connectivity index (χ3v) is 4.53. The highest BCUT2D eigenvalue weighted by atomic mass is 32.1. The third-order valence-electron chi connectivity index (χ3n) is 2.44. The van der Waals surface area contributed by atoms with Gasteiger partial charge in [-0.15, -0.1) is 32.9 Å². The second-order valence-electron chi connectivity index (χ2n) is 3.61. The molecule has 0 aliphatic heterocycles. The summed E-state index contributed by atoms with van der Waals surface area (Å²) in [5.74, 6) is 0.996. The molecule has 0 N–H and O–H groups in total. The summed E-state index contributed by atoms with van der Waals surface area (Å²) in [6, 6.07) is 4.37. The Hall–Kier alpha value is -1.20. The summed E-state index contributed by atoms with van der Waals surface area (Å²) < 4.78 is 4.80. The highest BCUT2D eigenvalue weighted by molar-refractivity contribution is 7.28. The van der Waals surface area contributed by atoms with Gasteiger partial charge >= 0.3 is 0 Å². The molecule has 0 radical (unpaired) electrons. The maximum Gasteiger partial charge on any atom is 0.173 e. The van der Waals surface area contributed by atoms with E-state index in [4.69, 9.17) is 0 Å². The summed E-state index contributed by atoms with van der Waals surface area (Å²) in [5, 5.41) is 10.3. The minimum atomic E-state index is 0.980. The van der Waals surface area contributed by atoms with Crippen LogP contribution in [0.4, 0.5) is 0 Å². The Balaban J connectivity index is 2.08. The zero-order valence-corrected chi connectivity index (χ0v) is 10.5. The Kier molecular flexibility index (Phi) is 2.49. The maximum atomic E-state index is 4.21. The monoisotopic (exact) mass is 249 g/mol. The molecule has 0 fully saturated rings. The van der Waals surface area contributed by atoms with Crippen molar-refractivity contribution >= 4 is 32.1 Å². The average Bonchev–Trinajstić information content (AvgIpc) is 2.88. The predicted octanol–water partition coefficient (Wildman–Crippen LogP) is 3.63. The first-order valence-electron chi connectivity index (χ1n) is 5.23. The summed E-state index contributed by atoms with van der Waals surface area (Å²) in [5.41, 5.74) is 0. The Labute approximate surface area is 101 Å². The van der Waals surface area contributed by atoms with E-state index in [1.165, 1.54) is 14.3 Å². The van der Waals surface area contributed by atoms with Gasteiger partial charge in [-0.3, -0.25) is 0 Å². The normalized spacial score (nSPS) is 11.3. The number of aromatic nitrogens is 3. The first kappa shape index (κ1) is 9.99. The van der Waals surface area contributed by atoms with Crippen LogP contribution in [0.25, 0.3) is 20.1 Å². The summed E-state index contributed by atoms with van der Waals surface area (Å²) in [6.45, 7) is 3.14. The van der Waals surface area contributed by atoms with E-state index < -0.39 is 0 Å². The van der Waals surface area contributed by atoms with Crippen molar-refractivity contribution in [2.45, 2.75) is 19.9 Å². The molecule has 3 nitrogen and oxygen atoms in total. The zero-order valence-electron chi connectivity index (χ0n) is 8.88. The molecule has 3 aromatic heterocycles. The number of hydrogen-bond donors (Lipinski definition) is 0. The van der Waals surface area contributed by atoms with E-state index in [0.29, 0.717) is 0 Å². The van der Waals surface area contributed by atoms with Crippen LogP contribution < -0.4 is 0 Å². The van der Waals surface area contributed by atoms with E-state index in [1.807, 2.05) is 6.33 Å². The summed E-state index contributed by atoms with van der Waals surface area (Å²) in [7, 11) is 0. The number of fused-ring (bicyclic) bond motifs is 1. The van der Waals surface area contributed by atoms with Gasteiger partial charge in [-0.1, -0.05) is 6.92 Å². The first-order valence-corrected chi connectivity index (χ1v) is 6.93. The quantitative estimate of drug-likeness (QED) is 0.709. The second-order valence-corrected chi connectivity index (χ2v) is 5.64. The second kappa shape index (κ2) is 3.99. The van der Waals surface area contributed by atoms with Crippen LogP contribution in [-0.4, -0.2) is 14.8 Å². The van der Waals surface area contributed by atoms with Crippen molar-refractivity contribution in [2.24, 2.45) is 0 Å². The van der Waals surface area contributed by atoms with Crippen LogP contribution in [0.1, 0.15) is 13.3 Å². The Bertz CT molecular complexity index is 577. The molecule has 0 saturated heterocycles. The van der Waals surface area contributed by atoms with Gasteiger partial charge in [0, 0.05) is 15.9 Å². The van der Waals surface area contributed by atoms with Crippen molar-refractivity contribution in [3.63, 3.8) is 0 Å². The number of hydrogen-bond acceptors (Lipinski definition) is 4. The van der Waals surface area contributed by atoms with Gasteiger partial charge in [0.2, 0.25) is 0 Å². The molecule has 3 rings (SSSR count). The van der Waals surface area contributed by atoms with E-state index in [9.17, 15) is 0 Å². The van der Waals surface area contributed by atoms with Crippen LogP contribution in [0, 0.1) is 0 Å². The fraction of sp³-hybridized carbons (Fsp3) is 0.273. The van der Waals surface area contributed by atoms with Crippen molar-refractivity contribution < 1.29 is 0 Å². The van der Waals surface area contributed by atoms with Gasteiger partial charge in [-0.05, 0) is 23.9 Å². The molecule has 5 heteroatoms. The van der Waals surface area contributed by atoms with Crippen LogP contribution in [0.3, 0.4) is 0 Å². The summed E-state index contributed by atoms with van der Waals surface area (Å²) in [4.78, 5) is 1.22. The van der Waals surface area contributed by atoms with Crippen LogP contribution in [0.15, 0.2) is 23.8 Å². The van der Waals surface area contributed by atoms with Crippen molar-refractivity contribution in [1.29, 1.82) is 0 Å². The number of thiophene rings is 2. The van der Waals surface area contributed by atoms with Crippen molar-refractivity contribution in [3.05, 3.63) is 23.8 Å². The van der Waals surface area contributed by atoms with E-state index in [1.54, 1.807) is 22.7 Å². The fourth-order valence-electron chi connectivity index (χ4n) is 1.73. The molecular weight excluding hydrogens is 238 g/mol. The fourth-order valence-corrected chi connectivity index (χ4v) is 3.84. The summed E-state index contributed by atoms with van der Waals surface area (Å²) in [6.07, 6.45) is 2.91. The summed E-state index contributed by atoms with van der Waals surface area (Å²) >= 11 is 3.57. The molecule has 0 aliphatic carbocycles. The molecule has 0 bridgehead atoms. The van der Waals surface area contributed by atoms with E-state index in [2.05, 4.69) is 39.2 Å². The molecule has 0 saturated carbocycles. The van der Waals surface area contributed by atoms with Crippen molar-refractivity contribution in [2.75, 3.05) is 0 Å². The lowest BCUT2D eigenvalue weighted by atomic mass is 10.4.